The molecule has 4 rings (SSSR count). The summed E-state index contributed by atoms with van der Waals surface area (Å²) in [7, 11) is 0. The Labute approximate surface area is 189 Å². The zero-order valence-corrected chi connectivity index (χ0v) is 18.4. The van der Waals surface area contributed by atoms with Crippen LogP contribution in [0, 0.1) is 0 Å². The fraction of sp³-hybridized carbons (Fsp3) is 0.455. The van der Waals surface area contributed by atoms with E-state index in [9.17, 15) is 9.90 Å². The molecule has 8 heteroatoms. The van der Waals surface area contributed by atoms with Crippen LogP contribution in [-0.4, -0.2) is 47.9 Å². The van der Waals surface area contributed by atoms with Gasteiger partial charge >= 0.3 is 0 Å². The Morgan fingerprint density at radius 2 is 1.93 bits per heavy atom. The fourth-order valence-electron chi connectivity index (χ4n) is 4.00. The van der Waals surface area contributed by atoms with E-state index in [1.165, 1.54) is 11.1 Å². The first-order valence-corrected chi connectivity index (χ1v) is 10.0. The average molecular weight is 454 g/mol. The van der Waals surface area contributed by atoms with Gasteiger partial charge in [-0.2, -0.15) is 0 Å². The van der Waals surface area contributed by atoms with Gasteiger partial charge < -0.3 is 20.5 Å². The molecule has 0 bridgehead atoms. The van der Waals surface area contributed by atoms with Crippen LogP contribution in [0.1, 0.15) is 45.9 Å². The Morgan fingerprint density at radius 3 is 2.70 bits per heavy atom. The van der Waals surface area contributed by atoms with Crippen LogP contribution >= 0.6 is 24.8 Å². The zero-order chi connectivity index (χ0) is 19.3. The highest BCUT2D eigenvalue weighted by atomic mass is 35.5. The summed E-state index contributed by atoms with van der Waals surface area (Å²) in [5.41, 5.74) is 4.06. The van der Waals surface area contributed by atoms with Crippen molar-refractivity contribution in [1.29, 1.82) is 0 Å². The number of rotatable bonds is 5. The number of benzene rings is 1. The Bertz CT molecular complexity index is 831. The van der Waals surface area contributed by atoms with Crippen LogP contribution in [0.2, 0.25) is 0 Å². The lowest BCUT2D eigenvalue weighted by Gasteiger charge is -2.30. The summed E-state index contributed by atoms with van der Waals surface area (Å²) in [4.78, 5) is 17.0. The van der Waals surface area contributed by atoms with Gasteiger partial charge in [-0.3, -0.25) is 9.78 Å². The quantitative estimate of drug-likeness (QED) is 0.647. The van der Waals surface area contributed by atoms with Gasteiger partial charge in [0.25, 0.3) is 5.91 Å². The van der Waals surface area contributed by atoms with Gasteiger partial charge in [0.05, 0.1) is 6.10 Å². The first-order chi connectivity index (χ1) is 13.7. The van der Waals surface area contributed by atoms with E-state index in [-0.39, 0.29) is 43.3 Å². The van der Waals surface area contributed by atoms with Crippen LogP contribution in [0.15, 0.2) is 42.6 Å². The highest BCUT2D eigenvalue weighted by molar-refractivity contribution is 5.94. The Morgan fingerprint density at radius 1 is 1.20 bits per heavy atom. The zero-order valence-electron chi connectivity index (χ0n) is 16.8. The lowest BCUT2D eigenvalue weighted by molar-refractivity contribution is 0.0842. The Kier molecular flexibility index (Phi) is 9.52. The lowest BCUT2D eigenvalue weighted by atomic mass is 9.93. The molecular formula is C22H29Cl2N3O3. The summed E-state index contributed by atoms with van der Waals surface area (Å²) in [6.45, 7) is 2.44. The third-order valence-corrected chi connectivity index (χ3v) is 5.73. The molecule has 3 N–H and O–H groups in total. The van der Waals surface area contributed by atoms with Gasteiger partial charge in [0.2, 0.25) is 0 Å². The molecule has 2 aromatic rings. The van der Waals surface area contributed by atoms with Crippen molar-refractivity contribution in [3.63, 3.8) is 0 Å². The molecule has 0 spiro atoms. The maximum atomic E-state index is 12.6. The van der Waals surface area contributed by atoms with Crippen molar-refractivity contribution in [3.8, 4) is 0 Å². The number of aromatic nitrogens is 1. The molecule has 164 valence electrons. The first kappa shape index (κ1) is 24.6. The molecule has 1 unspecified atom stereocenters. The number of carbonyl (C=O) groups is 1. The van der Waals surface area contributed by atoms with Gasteiger partial charge in [0.1, 0.15) is 0 Å². The lowest BCUT2D eigenvalue weighted by Crippen LogP contribution is -2.49. The number of ether oxygens (including phenoxy) is 1. The molecule has 30 heavy (non-hydrogen) atoms. The molecule has 2 aliphatic rings. The summed E-state index contributed by atoms with van der Waals surface area (Å²) < 4.78 is 5.40. The predicted octanol–water partition coefficient (Wildman–Crippen LogP) is 2.62. The molecule has 1 aromatic heterocycles. The average Bonchev–Trinajstić information content (AvgIpc) is 2.77. The maximum absolute atomic E-state index is 12.6. The fourth-order valence-corrected chi connectivity index (χ4v) is 4.00. The third kappa shape index (κ3) is 5.93. The van der Waals surface area contributed by atoms with Crippen molar-refractivity contribution in [2.75, 3.05) is 19.8 Å². The number of nitrogens with zero attached hydrogens (tertiary/aromatic N) is 1. The molecule has 0 saturated carbocycles. The van der Waals surface area contributed by atoms with Gasteiger partial charge in [0.15, 0.2) is 0 Å². The second-order valence-corrected chi connectivity index (χ2v) is 7.59. The van der Waals surface area contributed by atoms with Gasteiger partial charge in [0, 0.05) is 55.7 Å². The monoisotopic (exact) mass is 453 g/mol. The normalized spacial score (nSPS) is 19.6. The Balaban J connectivity index is 0.00000160. The van der Waals surface area contributed by atoms with E-state index in [2.05, 4.69) is 27.8 Å². The maximum Gasteiger partial charge on any atom is 0.251 e. The molecule has 1 saturated heterocycles. The number of halogens is 2. The van der Waals surface area contributed by atoms with Crippen molar-refractivity contribution in [2.24, 2.45) is 0 Å². The molecule has 1 aromatic carbocycles. The number of hydrogen-bond acceptors (Lipinski definition) is 5. The van der Waals surface area contributed by atoms with Crippen molar-refractivity contribution in [1.82, 2.24) is 15.6 Å². The molecule has 1 amide bonds. The van der Waals surface area contributed by atoms with Gasteiger partial charge in [-0.25, -0.2) is 0 Å². The third-order valence-electron chi connectivity index (χ3n) is 5.73. The minimum atomic E-state index is -0.644. The van der Waals surface area contributed by atoms with Crippen LogP contribution < -0.4 is 10.6 Å². The number of amides is 1. The molecule has 0 aliphatic carbocycles. The standard InChI is InChI=1S/C22H27N3O3.2ClH/c26-21(20-11-16-3-1-2-4-18(16)13-24-20)14-25-22(27)17-5-8-23-19(12-17)15-6-9-28-10-7-15;;/h1-5,8,12,15,20-21,24,26H,6-7,9-11,13-14H2,(H,25,27);2*1H/t20-,21?;;/m0../s1. The number of hydrogen-bond donors (Lipinski definition) is 3. The minimum Gasteiger partial charge on any atom is -0.390 e. The van der Waals surface area contributed by atoms with E-state index >= 15 is 0 Å². The van der Waals surface area contributed by atoms with Crippen LogP contribution in [0.25, 0.3) is 0 Å². The Hall–Kier alpha value is -1.70. The number of carbonyl (C=O) groups excluding carboxylic acids is 1. The van der Waals surface area contributed by atoms with E-state index in [4.69, 9.17) is 4.74 Å². The molecule has 3 heterocycles. The molecule has 0 radical (unpaired) electrons. The minimum absolute atomic E-state index is 0. The van der Waals surface area contributed by atoms with E-state index in [0.29, 0.717) is 11.5 Å². The number of fused-ring (bicyclic) bond motifs is 1. The molecule has 2 aliphatic heterocycles. The first-order valence-electron chi connectivity index (χ1n) is 10.0. The smallest absolute Gasteiger partial charge is 0.251 e. The number of aliphatic hydroxyl groups is 1. The van der Waals surface area contributed by atoms with E-state index in [0.717, 1.165) is 44.7 Å². The van der Waals surface area contributed by atoms with E-state index in [1.807, 2.05) is 18.2 Å². The van der Waals surface area contributed by atoms with Crippen LogP contribution in [0.3, 0.4) is 0 Å². The van der Waals surface area contributed by atoms with E-state index in [1.54, 1.807) is 12.3 Å². The molecule has 2 atom stereocenters. The summed E-state index contributed by atoms with van der Waals surface area (Å²) in [5, 5.41) is 16.8. The summed E-state index contributed by atoms with van der Waals surface area (Å²) >= 11 is 0. The predicted molar refractivity (Wildman–Crippen MR) is 121 cm³/mol. The SMILES string of the molecule is Cl.Cl.O=C(NCC(O)[C@@H]1Cc2ccccc2CN1)c1ccnc(C2CCOCC2)c1. The van der Waals surface area contributed by atoms with Crippen LogP contribution in [0.4, 0.5) is 0 Å². The van der Waals surface area contributed by atoms with Gasteiger partial charge in [-0.05, 0) is 42.5 Å². The van der Waals surface area contributed by atoms with Gasteiger partial charge in [-0.1, -0.05) is 24.3 Å². The molecular weight excluding hydrogens is 425 g/mol. The number of aliphatic hydroxyl groups excluding tert-OH is 1. The number of nitrogens with one attached hydrogen (secondary N) is 2. The summed E-state index contributed by atoms with van der Waals surface area (Å²) in [6.07, 6.45) is 3.68. The second kappa shape index (κ2) is 11.6. The second-order valence-electron chi connectivity index (χ2n) is 7.59. The van der Waals surface area contributed by atoms with Gasteiger partial charge in [-0.15, -0.1) is 24.8 Å². The number of pyridine rings is 1. The topological polar surface area (TPSA) is 83.5 Å². The van der Waals surface area contributed by atoms with Crippen molar-refractivity contribution in [3.05, 3.63) is 65.0 Å². The van der Waals surface area contributed by atoms with Crippen molar-refractivity contribution in [2.45, 2.75) is 43.9 Å². The van der Waals surface area contributed by atoms with Crippen molar-refractivity contribution < 1.29 is 14.6 Å². The molecule has 6 nitrogen and oxygen atoms in total. The van der Waals surface area contributed by atoms with Crippen molar-refractivity contribution >= 4 is 30.7 Å². The highest BCUT2D eigenvalue weighted by Gasteiger charge is 2.25. The highest BCUT2D eigenvalue weighted by Crippen LogP contribution is 2.25. The molecule has 1 fully saturated rings. The summed E-state index contributed by atoms with van der Waals surface area (Å²) in [6, 6.07) is 11.8. The summed E-state index contributed by atoms with van der Waals surface area (Å²) in [5.74, 6) is 0.171. The van der Waals surface area contributed by atoms with E-state index < -0.39 is 6.10 Å². The largest absolute Gasteiger partial charge is 0.390 e. The van der Waals surface area contributed by atoms with Crippen LogP contribution in [0.5, 0.6) is 0 Å². The van der Waals surface area contributed by atoms with Crippen LogP contribution in [-0.2, 0) is 17.7 Å².